The summed E-state index contributed by atoms with van der Waals surface area (Å²) in [5.74, 6) is -0.346. The second kappa shape index (κ2) is 23.3. The van der Waals surface area contributed by atoms with E-state index in [2.05, 4.69) is 22.6 Å². The largest absolute Gasteiger partial charge is 0.508 e. The van der Waals surface area contributed by atoms with Gasteiger partial charge in [-0.3, -0.25) is 4.79 Å². The summed E-state index contributed by atoms with van der Waals surface area (Å²) in [6.45, 7) is 3.08. The molecule has 2 aromatic rings. The van der Waals surface area contributed by atoms with Crippen LogP contribution in [-0.4, -0.2) is 59.5 Å². The van der Waals surface area contributed by atoms with E-state index >= 15 is 0 Å². The minimum atomic E-state index is -0.721. The van der Waals surface area contributed by atoms with Crippen molar-refractivity contribution in [2.24, 2.45) is 0 Å². The third kappa shape index (κ3) is 20.6. The van der Waals surface area contributed by atoms with E-state index in [9.17, 15) is 14.4 Å². The average Bonchev–Trinajstić information content (AvgIpc) is 2.90. The Morgan fingerprint density at radius 2 is 1.43 bits per heavy atom. The molecule has 2 aromatic carbocycles. The molecule has 0 unspecified atom stereocenters. The number of hydrogen-bond donors (Lipinski definition) is 1. The first-order valence-corrected chi connectivity index (χ1v) is 10.4. The molecule has 3 rings (SSSR count). The SMILES string of the molecule is CC(=O)OCCCOC(=O)OCc1ccccc1.O=C1OCCCO1.OCc1ccccc1.[2H][B].[U]. The van der Waals surface area contributed by atoms with Gasteiger partial charge in [-0.15, -0.1) is 0 Å². The van der Waals surface area contributed by atoms with Crippen molar-refractivity contribution in [3.05, 3.63) is 71.8 Å². The zero-order chi connectivity index (χ0) is 26.2. The van der Waals surface area contributed by atoms with E-state index in [4.69, 9.17) is 15.9 Å². The van der Waals surface area contributed by atoms with E-state index < -0.39 is 12.3 Å². The Morgan fingerprint density at radius 3 is 1.86 bits per heavy atom. The number of ether oxygens (including phenoxy) is 5. The maximum atomic E-state index is 11.2. The zero-order valence-electron chi connectivity index (χ0n) is 20.7. The number of benzene rings is 2. The fraction of sp³-hybridized carbons (Fsp3) is 0.375. The molecule has 0 aliphatic carbocycles. The van der Waals surface area contributed by atoms with E-state index in [1.54, 1.807) is 0 Å². The maximum Gasteiger partial charge on any atom is 0.508 e. The fourth-order valence-corrected chi connectivity index (χ4v) is 2.18. The molecule has 1 aliphatic heterocycles. The van der Waals surface area contributed by atoms with Gasteiger partial charge in [0, 0.05) is 59.3 Å². The second-order valence-electron chi connectivity index (χ2n) is 6.51. The van der Waals surface area contributed by atoms with Crippen molar-refractivity contribution in [3.63, 3.8) is 0 Å². The molecular formula is C24H31BO9U. The van der Waals surface area contributed by atoms with Gasteiger partial charge in [0.1, 0.15) is 6.61 Å². The van der Waals surface area contributed by atoms with Crippen LogP contribution in [0.15, 0.2) is 60.7 Å². The molecule has 2 radical (unpaired) electrons. The van der Waals surface area contributed by atoms with E-state index in [-0.39, 0.29) is 63.5 Å². The molecule has 35 heavy (non-hydrogen) atoms. The summed E-state index contributed by atoms with van der Waals surface area (Å²) in [5.41, 5.74) is 1.86. The number of esters is 1. The monoisotopic (exact) mass is 713 g/mol. The number of aliphatic hydroxyl groups excluding tert-OH is 1. The standard InChI is InChI=1S/C13H16O5.C7H8O.C4H6O3.BH.U/c1-11(14)16-8-5-9-17-13(15)18-10-12-6-3-2-4-7-12;8-6-7-4-2-1-3-5-7;5-4-6-2-1-3-7-4;;/h2-4,6-7H,5,8-10H2,1H3;1-5,8H,6H2;1-3H2;1H;/i;;;1D;. The van der Waals surface area contributed by atoms with Crippen LogP contribution in [0.4, 0.5) is 9.59 Å². The third-order valence-corrected chi connectivity index (χ3v) is 3.77. The molecule has 1 aliphatic rings. The van der Waals surface area contributed by atoms with Crippen molar-refractivity contribution in [1.82, 2.24) is 0 Å². The van der Waals surface area contributed by atoms with Gasteiger partial charge in [-0.05, 0) is 12.5 Å². The summed E-state index contributed by atoms with van der Waals surface area (Å²) < 4.78 is 28.4. The van der Waals surface area contributed by atoms with Gasteiger partial charge in [-0.25, -0.2) is 9.59 Å². The molecule has 0 spiro atoms. The molecular weight excluding hydrogens is 681 g/mol. The van der Waals surface area contributed by atoms with Gasteiger partial charge in [0.05, 0.1) is 33.0 Å². The van der Waals surface area contributed by atoms with E-state index in [1.807, 2.05) is 60.7 Å². The fourth-order valence-electron chi connectivity index (χ4n) is 2.18. The third-order valence-electron chi connectivity index (χ3n) is 3.77. The van der Waals surface area contributed by atoms with Crippen molar-refractivity contribution in [2.75, 3.05) is 26.4 Å². The van der Waals surface area contributed by atoms with Gasteiger partial charge < -0.3 is 28.8 Å². The van der Waals surface area contributed by atoms with E-state index in [0.29, 0.717) is 19.6 Å². The smallest absolute Gasteiger partial charge is 0.466 e. The summed E-state index contributed by atoms with van der Waals surface area (Å²) in [6, 6.07) is 18.8. The van der Waals surface area contributed by atoms with Crippen LogP contribution in [0.5, 0.6) is 0 Å². The van der Waals surface area contributed by atoms with Crippen LogP contribution in [0, 0.1) is 31.1 Å². The summed E-state index contributed by atoms with van der Waals surface area (Å²) in [7, 11) is 3.75. The quantitative estimate of drug-likeness (QED) is 0.200. The van der Waals surface area contributed by atoms with Crippen molar-refractivity contribution < 1.29 is 74.3 Å². The molecule has 0 bridgehead atoms. The van der Waals surface area contributed by atoms with Crippen molar-refractivity contribution in [1.29, 1.82) is 1.34 Å². The minimum absolute atomic E-state index is 0. The molecule has 0 amide bonds. The van der Waals surface area contributed by atoms with Crippen molar-refractivity contribution >= 4 is 26.7 Å². The minimum Gasteiger partial charge on any atom is -0.466 e. The normalized spacial score (nSPS) is 11.3. The number of hydrogen-bond acceptors (Lipinski definition) is 9. The Hall–Kier alpha value is -2.47. The molecule has 188 valence electrons. The maximum absolute atomic E-state index is 11.2. The molecule has 0 saturated carbocycles. The van der Waals surface area contributed by atoms with Crippen LogP contribution >= 0.6 is 0 Å². The number of rotatable bonds is 7. The molecule has 9 nitrogen and oxygen atoms in total. The number of carbonyl (C=O) groups is 3. The summed E-state index contributed by atoms with van der Waals surface area (Å²) >= 11 is 0. The first-order valence-electron chi connectivity index (χ1n) is 11.0. The predicted molar refractivity (Wildman–Crippen MR) is 125 cm³/mol. The zero-order valence-corrected chi connectivity index (χ0v) is 23.9. The van der Waals surface area contributed by atoms with Gasteiger partial charge in [-0.1, -0.05) is 60.7 Å². The first-order chi connectivity index (χ1) is 17.0. The topological polar surface area (TPSA) is 118 Å². The number of carbonyl (C=O) groups excluding carboxylic acids is 3. The van der Waals surface area contributed by atoms with Gasteiger partial charge in [0.25, 0.3) is 0 Å². The second-order valence-corrected chi connectivity index (χ2v) is 6.51. The predicted octanol–water partition coefficient (Wildman–Crippen LogP) is 3.37. The average molecular weight is 713 g/mol. The molecule has 1 fully saturated rings. The number of aliphatic hydroxyl groups is 1. The van der Waals surface area contributed by atoms with Crippen LogP contribution in [0.1, 0.15) is 30.9 Å². The van der Waals surface area contributed by atoms with Crippen LogP contribution in [0.25, 0.3) is 0 Å². The van der Waals surface area contributed by atoms with Crippen molar-refractivity contribution in [2.45, 2.75) is 33.0 Å². The molecule has 1 saturated heterocycles. The number of cyclic esters (lactones) is 2. The first kappa shape index (κ1) is 32.5. The molecule has 11 heteroatoms. The summed E-state index contributed by atoms with van der Waals surface area (Å²) in [4.78, 5) is 31.6. The van der Waals surface area contributed by atoms with Gasteiger partial charge in [0.2, 0.25) is 0 Å². The Balaban J connectivity index is 0. The van der Waals surface area contributed by atoms with Crippen LogP contribution in [-0.2, 0) is 41.7 Å². The van der Waals surface area contributed by atoms with Crippen LogP contribution in [0.2, 0.25) is 0 Å². The molecule has 0 aromatic heterocycles. The van der Waals surface area contributed by atoms with E-state index in [1.165, 1.54) is 6.92 Å². The van der Waals surface area contributed by atoms with Crippen molar-refractivity contribution in [3.8, 4) is 0 Å². The van der Waals surface area contributed by atoms with Gasteiger partial charge in [-0.2, -0.15) is 0 Å². The van der Waals surface area contributed by atoms with Crippen LogP contribution in [0.3, 0.4) is 0 Å². The Kier molecular flexibility index (Phi) is 21.6. The van der Waals surface area contributed by atoms with Gasteiger partial charge in [0.15, 0.2) is 0 Å². The molecule has 1 N–H and O–H groups in total. The Labute approximate surface area is 232 Å². The molecule has 1 heterocycles. The van der Waals surface area contributed by atoms with E-state index in [0.717, 1.165) is 17.5 Å². The summed E-state index contributed by atoms with van der Waals surface area (Å²) in [5, 5.41) is 8.54. The Bertz CT molecular complexity index is 806. The van der Waals surface area contributed by atoms with Gasteiger partial charge >= 0.3 is 18.3 Å². The molecule has 0 atom stereocenters. The Morgan fingerprint density at radius 1 is 0.914 bits per heavy atom. The summed E-state index contributed by atoms with van der Waals surface area (Å²) in [6.07, 6.45) is 0.0269. The van der Waals surface area contributed by atoms with Crippen LogP contribution < -0.4 is 0 Å².